The van der Waals surface area contributed by atoms with Crippen molar-refractivity contribution in [2.75, 3.05) is 5.73 Å². The monoisotopic (exact) mass is 260 g/mol. The van der Waals surface area contributed by atoms with Crippen LogP contribution in [0.4, 0.5) is 5.69 Å². The van der Waals surface area contributed by atoms with Gasteiger partial charge < -0.3 is 15.7 Å². The third-order valence-corrected chi connectivity index (χ3v) is 2.82. The number of nitrogens with two attached hydrogens (primary N) is 1. The standard InChI is InChI=1S/C12H9ClN4O/c13-6-4-7(14)11-9(5-6)16-12(17-11)8-2-1-3-10(18)15-8/h1-5H,14H2,(H,15,18)(H,16,17). The van der Waals surface area contributed by atoms with Crippen LogP contribution in [0.2, 0.25) is 5.02 Å². The van der Waals surface area contributed by atoms with Crippen molar-refractivity contribution >= 4 is 28.3 Å². The smallest absolute Gasteiger partial charge is 0.248 e. The van der Waals surface area contributed by atoms with E-state index in [2.05, 4.69) is 15.0 Å². The highest BCUT2D eigenvalue weighted by Crippen LogP contribution is 2.26. The molecule has 0 aliphatic carbocycles. The molecule has 0 aliphatic rings. The van der Waals surface area contributed by atoms with Gasteiger partial charge in [-0.1, -0.05) is 17.7 Å². The van der Waals surface area contributed by atoms with E-state index in [4.69, 9.17) is 17.3 Å². The molecule has 0 unspecified atom stereocenters. The summed E-state index contributed by atoms with van der Waals surface area (Å²) in [5, 5.41) is 0.539. The predicted molar refractivity (Wildman–Crippen MR) is 71.6 cm³/mol. The van der Waals surface area contributed by atoms with Gasteiger partial charge in [-0.15, -0.1) is 0 Å². The lowest BCUT2D eigenvalue weighted by molar-refractivity contribution is 1.19. The van der Waals surface area contributed by atoms with Crippen LogP contribution < -0.4 is 11.3 Å². The fraction of sp³-hybridized carbons (Fsp3) is 0. The van der Waals surface area contributed by atoms with Crippen LogP contribution >= 0.6 is 11.6 Å². The van der Waals surface area contributed by atoms with Crippen LogP contribution in [0.15, 0.2) is 35.1 Å². The number of H-pyrrole nitrogens is 2. The lowest BCUT2D eigenvalue weighted by Gasteiger charge is -1.94. The molecule has 6 heteroatoms. The number of fused-ring (bicyclic) bond motifs is 1. The summed E-state index contributed by atoms with van der Waals surface area (Å²) >= 11 is 5.92. The van der Waals surface area contributed by atoms with E-state index in [0.29, 0.717) is 27.7 Å². The SMILES string of the molecule is Nc1cc(Cl)cc2[nH]c(-c3cccc(=O)[nH]3)nc12. The number of aromatic nitrogens is 3. The van der Waals surface area contributed by atoms with E-state index in [1.165, 1.54) is 6.07 Å². The summed E-state index contributed by atoms with van der Waals surface area (Å²) in [7, 11) is 0. The molecule has 1 aromatic carbocycles. The molecule has 3 rings (SSSR count). The van der Waals surface area contributed by atoms with Crippen molar-refractivity contribution in [3.05, 3.63) is 45.7 Å². The number of rotatable bonds is 1. The van der Waals surface area contributed by atoms with Crippen molar-refractivity contribution in [1.29, 1.82) is 0 Å². The average molecular weight is 261 g/mol. The van der Waals surface area contributed by atoms with E-state index in [1.807, 2.05) is 0 Å². The molecule has 4 N–H and O–H groups in total. The number of nitrogens with one attached hydrogen (secondary N) is 2. The highest BCUT2D eigenvalue weighted by molar-refractivity contribution is 6.31. The molecule has 0 fully saturated rings. The lowest BCUT2D eigenvalue weighted by Crippen LogP contribution is -2.03. The number of nitrogen functional groups attached to an aromatic ring is 1. The molecule has 5 nitrogen and oxygen atoms in total. The number of pyridine rings is 1. The van der Waals surface area contributed by atoms with Crippen molar-refractivity contribution in [2.24, 2.45) is 0 Å². The zero-order valence-electron chi connectivity index (χ0n) is 9.20. The van der Waals surface area contributed by atoms with Crippen molar-refractivity contribution in [2.45, 2.75) is 0 Å². The minimum absolute atomic E-state index is 0.182. The quantitative estimate of drug-likeness (QED) is 0.586. The maximum Gasteiger partial charge on any atom is 0.248 e. The summed E-state index contributed by atoms with van der Waals surface area (Å²) in [5.74, 6) is 0.552. The number of hydrogen-bond donors (Lipinski definition) is 3. The van der Waals surface area contributed by atoms with Gasteiger partial charge in [-0.05, 0) is 18.2 Å². The molecular formula is C12H9ClN4O. The first-order valence-corrected chi connectivity index (χ1v) is 5.66. The van der Waals surface area contributed by atoms with Crippen molar-refractivity contribution in [1.82, 2.24) is 15.0 Å². The summed E-state index contributed by atoms with van der Waals surface area (Å²) < 4.78 is 0. The van der Waals surface area contributed by atoms with Crippen LogP contribution in [0.3, 0.4) is 0 Å². The maximum atomic E-state index is 11.3. The third kappa shape index (κ3) is 1.74. The molecule has 0 amide bonds. The van der Waals surface area contributed by atoms with Gasteiger partial charge in [0.1, 0.15) is 5.52 Å². The Hall–Kier alpha value is -2.27. The highest BCUT2D eigenvalue weighted by atomic mass is 35.5. The van der Waals surface area contributed by atoms with E-state index < -0.39 is 0 Å². The van der Waals surface area contributed by atoms with E-state index in [-0.39, 0.29) is 5.56 Å². The number of hydrogen-bond acceptors (Lipinski definition) is 3. The molecule has 0 radical (unpaired) electrons. The lowest BCUT2D eigenvalue weighted by atomic mass is 10.3. The molecule has 0 saturated carbocycles. The molecule has 0 saturated heterocycles. The minimum atomic E-state index is -0.182. The minimum Gasteiger partial charge on any atom is -0.397 e. The average Bonchev–Trinajstić information content (AvgIpc) is 2.73. The van der Waals surface area contributed by atoms with Crippen LogP contribution in [-0.2, 0) is 0 Å². The molecule has 0 bridgehead atoms. The second-order valence-electron chi connectivity index (χ2n) is 3.91. The van der Waals surface area contributed by atoms with E-state index in [9.17, 15) is 4.79 Å². The number of halogens is 1. The maximum absolute atomic E-state index is 11.3. The topological polar surface area (TPSA) is 87.6 Å². The van der Waals surface area contributed by atoms with Crippen LogP contribution in [0, 0.1) is 0 Å². The molecule has 0 aliphatic heterocycles. The molecule has 90 valence electrons. The van der Waals surface area contributed by atoms with Gasteiger partial charge in [0.05, 0.1) is 16.9 Å². The Morgan fingerprint density at radius 3 is 2.83 bits per heavy atom. The van der Waals surface area contributed by atoms with Gasteiger partial charge in [-0.25, -0.2) is 4.98 Å². The Labute approximate surface area is 107 Å². The van der Waals surface area contributed by atoms with Crippen molar-refractivity contribution in [3.8, 4) is 11.5 Å². The van der Waals surface area contributed by atoms with Crippen LogP contribution in [0.1, 0.15) is 0 Å². The Kier molecular flexibility index (Phi) is 2.34. The van der Waals surface area contributed by atoms with Crippen LogP contribution in [0.25, 0.3) is 22.6 Å². The Morgan fingerprint density at radius 2 is 2.06 bits per heavy atom. The Balaban J connectivity index is 2.25. The number of benzene rings is 1. The van der Waals surface area contributed by atoms with E-state index >= 15 is 0 Å². The first-order valence-electron chi connectivity index (χ1n) is 5.28. The zero-order valence-corrected chi connectivity index (χ0v) is 9.95. The van der Waals surface area contributed by atoms with Gasteiger partial charge in [0, 0.05) is 11.1 Å². The summed E-state index contributed by atoms with van der Waals surface area (Å²) in [6.45, 7) is 0. The van der Waals surface area contributed by atoms with Crippen molar-refractivity contribution in [3.63, 3.8) is 0 Å². The first kappa shape index (κ1) is 10.9. The van der Waals surface area contributed by atoms with E-state index in [1.54, 1.807) is 24.3 Å². The molecule has 2 heterocycles. The third-order valence-electron chi connectivity index (χ3n) is 2.60. The first-order chi connectivity index (χ1) is 8.63. The van der Waals surface area contributed by atoms with Gasteiger partial charge in [-0.3, -0.25) is 4.79 Å². The second kappa shape index (κ2) is 3.89. The summed E-state index contributed by atoms with van der Waals surface area (Å²) in [4.78, 5) is 21.4. The van der Waals surface area contributed by atoms with Gasteiger partial charge >= 0.3 is 0 Å². The van der Waals surface area contributed by atoms with Gasteiger partial charge in [-0.2, -0.15) is 0 Å². The normalized spacial score (nSPS) is 10.9. The number of imidazole rings is 1. The summed E-state index contributed by atoms with van der Waals surface area (Å²) in [5.41, 5.74) is 8.14. The molecule has 18 heavy (non-hydrogen) atoms. The summed E-state index contributed by atoms with van der Waals surface area (Å²) in [6, 6.07) is 8.25. The zero-order chi connectivity index (χ0) is 12.7. The van der Waals surface area contributed by atoms with Gasteiger partial charge in [0.15, 0.2) is 5.82 Å². The molecule has 2 aromatic heterocycles. The van der Waals surface area contributed by atoms with Gasteiger partial charge in [0.25, 0.3) is 0 Å². The largest absolute Gasteiger partial charge is 0.397 e. The fourth-order valence-electron chi connectivity index (χ4n) is 1.82. The second-order valence-corrected chi connectivity index (χ2v) is 4.34. The number of nitrogens with zero attached hydrogens (tertiary/aromatic N) is 1. The van der Waals surface area contributed by atoms with Crippen LogP contribution in [0.5, 0.6) is 0 Å². The van der Waals surface area contributed by atoms with Crippen molar-refractivity contribution < 1.29 is 0 Å². The van der Waals surface area contributed by atoms with Gasteiger partial charge in [0.2, 0.25) is 5.56 Å². The van der Waals surface area contributed by atoms with Crippen LogP contribution in [-0.4, -0.2) is 15.0 Å². The fourth-order valence-corrected chi connectivity index (χ4v) is 2.05. The predicted octanol–water partition coefficient (Wildman–Crippen LogP) is 2.15. The Bertz CT molecular complexity index is 790. The molecule has 0 atom stereocenters. The molecular weight excluding hydrogens is 252 g/mol. The Morgan fingerprint density at radius 1 is 1.22 bits per heavy atom. The summed E-state index contributed by atoms with van der Waals surface area (Å²) in [6.07, 6.45) is 0. The molecule has 3 aromatic rings. The number of anilines is 1. The highest BCUT2D eigenvalue weighted by Gasteiger charge is 2.09. The van der Waals surface area contributed by atoms with E-state index in [0.717, 1.165) is 5.52 Å². The molecule has 0 spiro atoms. The number of aromatic amines is 2.